The number of hydrogen-bond donors (Lipinski definition) is 1. The molecule has 1 heterocycles. The Morgan fingerprint density at radius 1 is 1.33 bits per heavy atom. The quantitative estimate of drug-likeness (QED) is 0.916. The molecule has 2 aromatic rings. The van der Waals surface area contributed by atoms with Gasteiger partial charge < -0.3 is 10.1 Å². The number of thiophene rings is 1. The van der Waals surface area contributed by atoms with Crippen molar-refractivity contribution in [2.24, 2.45) is 0 Å². The van der Waals surface area contributed by atoms with Crippen molar-refractivity contribution in [2.45, 2.75) is 6.92 Å². The maximum atomic E-state index is 11.9. The molecule has 0 atom stereocenters. The van der Waals surface area contributed by atoms with E-state index in [0.29, 0.717) is 11.5 Å². The fourth-order valence-electron chi connectivity index (χ4n) is 1.44. The van der Waals surface area contributed by atoms with E-state index in [9.17, 15) is 4.79 Å². The van der Waals surface area contributed by atoms with Crippen LogP contribution in [0.5, 0.6) is 5.75 Å². The summed E-state index contributed by atoms with van der Waals surface area (Å²) in [4.78, 5) is 12.6. The number of carbonyl (C=O) groups is 1. The average Bonchev–Trinajstić information content (AvgIpc) is 2.78. The number of carbonyl (C=O) groups excluding carboxylic acids is 1. The average molecular weight is 326 g/mol. The highest BCUT2D eigenvalue weighted by molar-refractivity contribution is 9.10. The number of rotatable bonds is 4. The number of anilines is 1. The van der Waals surface area contributed by atoms with Crippen LogP contribution in [-0.2, 0) is 0 Å². The van der Waals surface area contributed by atoms with Crippen LogP contribution in [0.3, 0.4) is 0 Å². The number of benzene rings is 1. The summed E-state index contributed by atoms with van der Waals surface area (Å²) in [7, 11) is 0. The summed E-state index contributed by atoms with van der Waals surface area (Å²) >= 11 is 4.75. The highest BCUT2D eigenvalue weighted by Gasteiger charge is 2.11. The Labute approximate surface area is 118 Å². The monoisotopic (exact) mass is 325 g/mol. The van der Waals surface area contributed by atoms with E-state index in [1.165, 1.54) is 11.3 Å². The van der Waals surface area contributed by atoms with Gasteiger partial charge in [-0.2, -0.15) is 0 Å². The minimum absolute atomic E-state index is 0.110. The summed E-state index contributed by atoms with van der Waals surface area (Å²) in [6.45, 7) is 2.57. The van der Waals surface area contributed by atoms with Crippen molar-refractivity contribution in [1.29, 1.82) is 0 Å². The smallest absolute Gasteiger partial charge is 0.266 e. The molecule has 94 valence electrons. The lowest BCUT2D eigenvalue weighted by atomic mass is 10.3. The molecule has 0 saturated heterocycles. The van der Waals surface area contributed by atoms with E-state index in [1.807, 2.05) is 42.6 Å². The highest BCUT2D eigenvalue weighted by Crippen LogP contribution is 2.24. The van der Waals surface area contributed by atoms with Gasteiger partial charge in [0.25, 0.3) is 5.91 Å². The van der Waals surface area contributed by atoms with Gasteiger partial charge >= 0.3 is 0 Å². The predicted molar refractivity (Wildman–Crippen MR) is 77.6 cm³/mol. The summed E-state index contributed by atoms with van der Waals surface area (Å²) < 4.78 is 6.15. The molecule has 0 radical (unpaired) electrons. The van der Waals surface area contributed by atoms with E-state index >= 15 is 0 Å². The Bertz CT molecular complexity index is 536. The van der Waals surface area contributed by atoms with Gasteiger partial charge in [0.1, 0.15) is 10.6 Å². The number of halogens is 1. The summed E-state index contributed by atoms with van der Waals surface area (Å²) in [5, 5.41) is 4.71. The van der Waals surface area contributed by atoms with Crippen LogP contribution < -0.4 is 10.1 Å². The molecule has 0 aliphatic carbocycles. The number of nitrogens with one attached hydrogen (secondary N) is 1. The maximum absolute atomic E-state index is 11.9. The van der Waals surface area contributed by atoms with Gasteiger partial charge in [-0.05, 0) is 58.6 Å². The molecule has 0 bridgehead atoms. The van der Waals surface area contributed by atoms with Gasteiger partial charge in [-0.3, -0.25) is 4.79 Å². The first-order valence-electron chi connectivity index (χ1n) is 5.48. The SMILES string of the molecule is CCOc1ccc(NC(=O)c2sccc2Br)cc1. The van der Waals surface area contributed by atoms with Crippen LogP contribution in [-0.4, -0.2) is 12.5 Å². The molecule has 1 aromatic heterocycles. The van der Waals surface area contributed by atoms with Crippen molar-refractivity contribution < 1.29 is 9.53 Å². The van der Waals surface area contributed by atoms with Gasteiger partial charge in [0.15, 0.2) is 0 Å². The minimum Gasteiger partial charge on any atom is -0.494 e. The Balaban J connectivity index is 2.05. The third-order valence-corrected chi connectivity index (χ3v) is 4.08. The molecule has 0 aliphatic heterocycles. The molecule has 1 amide bonds. The second-order valence-electron chi connectivity index (χ2n) is 3.51. The molecule has 0 unspecified atom stereocenters. The van der Waals surface area contributed by atoms with E-state index in [4.69, 9.17) is 4.74 Å². The Hall–Kier alpha value is -1.33. The molecule has 1 aromatic carbocycles. The van der Waals surface area contributed by atoms with Crippen molar-refractivity contribution >= 4 is 38.9 Å². The lowest BCUT2D eigenvalue weighted by Crippen LogP contribution is -2.10. The van der Waals surface area contributed by atoms with Crippen molar-refractivity contribution in [2.75, 3.05) is 11.9 Å². The molecule has 0 saturated carbocycles. The van der Waals surface area contributed by atoms with E-state index in [-0.39, 0.29) is 5.91 Å². The fourth-order valence-corrected chi connectivity index (χ4v) is 2.89. The van der Waals surface area contributed by atoms with Gasteiger partial charge in [-0.25, -0.2) is 0 Å². The maximum Gasteiger partial charge on any atom is 0.266 e. The van der Waals surface area contributed by atoms with Crippen molar-refractivity contribution in [1.82, 2.24) is 0 Å². The van der Waals surface area contributed by atoms with E-state index in [1.54, 1.807) is 0 Å². The first-order valence-corrected chi connectivity index (χ1v) is 7.15. The van der Waals surface area contributed by atoms with Crippen LogP contribution in [0, 0.1) is 0 Å². The third kappa shape index (κ3) is 3.11. The minimum atomic E-state index is -0.110. The molecule has 1 N–H and O–H groups in total. The molecule has 0 spiro atoms. The summed E-state index contributed by atoms with van der Waals surface area (Å²) in [6.07, 6.45) is 0. The van der Waals surface area contributed by atoms with Crippen LogP contribution in [0.25, 0.3) is 0 Å². The number of ether oxygens (including phenoxy) is 1. The van der Waals surface area contributed by atoms with Gasteiger partial charge in [-0.1, -0.05) is 0 Å². The predicted octanol–water partition coefficient (Wildman–Crippen LogP) is 4.16. The zero-order valence-electron chi connectivity index (χ0n) is 9.77. The normalized spacial score (nSPS) is 10.1. The molecular weight excluding hydrogens is 314 g/mol. The summed E-state index contributed by atoms with van der Waals surface area (Å²) in [6, 6.07) is 9.18. The summed E-state index contributed by atoms with van der Waals surface area (Å²) in [5.41, 5.74) is 0.753. The van der Waals surface area contributed by atoms with Gasteiger partial charge in [-0.15, -0.1) is 11.3 Å². The molecule has 5 heteroatoms. The first-order chi connectivity index (χ1) is 8.70. The van der Waals surface area contributed by atoms with Crippen LogP contribution in [0.15, 0.2) is 40.2 Å². The van der Waals surface area contributed by atoms with Crippen LogP contribution in [0.1, 0.15) is 16.6 Å². The molecule has 3 nitrogen and oxygen atoms in total. The largest absolute Gasteiger partial charge is 0.494 e. The van der Waals surface area contributed by atoms with Gasteiger partial charge in [0.05, 0.1) is 6.61 Å². The van der Waals surface area contributed by atoms with Crippen LogP contribution in [0.4, 0.5) is 5.69 Å². The zero-order chi connectivity index (χ0) is 13.0. The Kier molecular flexibility index (Phi) is 4.38. The summed E-state index contributed by atoms with van der Waals surface area (Å²) in [5.74, 6) is 0.689. The van der Waals surface area contributed by atoms with Crippen LogP contribution in [0.2, 0.25) is 0 Å². The Morgan fingerprint density at radius 2 is 2.06 bits per heavy atom. The second kappa shape index (κ2) is 6.02. The molecule has 0 aliphatic rings. The fraction of sp³-hybridized carbons (Fsp3) is 0.154. The Morgan fingerprint density at radius 3 is 2.61 bits per heavy atom. The zero-order valence-corrected chi connectivity index (χ0v) is 12.2. The lowest BCUT2D eigenvalue weighted by molar-refractivity contribution is 0.103. The van der Waals surface area contributed by atoms with Gasteiger partial charge in [0, 0.05) is 10.2 Å². The molecule has 18 heavy (non-hydrogen) atoms. The standard InChI is InChI=1S/C13H12BrNO2S/c1-2-17-10-5-3-9(4-6-10)15-13(16)12-11(14)7-8-18-12/h3-8H,2H2,1H3,(H,15,16). The third-order valence-electron chi connectivity index (χ3n) is 2.25. The molecular formula is C13H12BrNO2S. The molecule has 0 fully saturated rings. The number of amides is 1. The van der Waals surface area contributed by atoms with E-state index in [2.05, 4.69) is 21.2 Å². The topological polar surface area (TPSA) is 38.3 Å². The van der Waals surface area contributed by atoms with Crippen molar-refractivity contribution in [3.63, 3.8) is 0 Å². The van der Waals surface area contributed by atoms with E-state index in [0.717, 1.165) is 15.9 Å². The van der Waals surface area contributed by atoms with Crippen LogP contribution >= 0.6 is 27.3 Å². The number of hydrogen-bond acceptors (Lipinski definition) is 3. The molecule has 2 rings (SSSR count). The van der Waals surface area contributed by atoms with Gasteiger partial charge in [0.2, 0.25) is 0 Å². The lowest BCUT2D eigenvalue weighted by Gasteiger charge is -2.06. The first kappa shape index (κ1) is 13.1. The van der Waals surface area contributed by atoms with Crippen molar-refractivity contribution in [3.05, 3.63) is 45.1 Å². The van der Waals surface area contributed by atoms with E-state index < -0.39 is 0 Å². The second-order valence-corrected chi connectivity index (χ2v) is 5.28. The van der Waals surface area contributed by atoms with Crippen molar-refractivity contribution in [3.8, 4) is 5.75 Å². The highest BCUT2D eigenvalue weighted by atomic mass is 79.9.